The molecule has 0 aromatic carbocycles. The van der Waals surface area contributed by atoms with Crippen molar-refractivity contribution in [3.8, 4) is 0 Å². The summed E-state index contributed by atoms with van der Waals surface area (Å²) in [4.78, 5) is 11.9. The van der Waals surface area contributed by atoms with E-state index in [1.807, 2.05) is 0 Å². The Morgan fingerprint density at radius 2 is 2.24 bits per heavy atom. The van der Waals surface area contributed by atoms with Crippen molar-refractivity contribution in [1.29, 1.82) is 0 Å². The highest BCUT2D eigenvalue weighted by atomic mass is 16.5. The van der Waals surface area contributed by atoms with Crippen molar-refractivity contribution < 1.29 is 14.3 Å². The van der Waals surface area contributed by atoms with Crippen LogP contribution in [0.15, 0.2) is 0 Å². The topological polar surface area (TPSA) is 59.6 Å². The SMILES string of the molecule is CCCNC1COCC1C(=O)NCCCOC. The van der Waals surface area contributed by atoms with Gasteiger partial charge in [-0.15, -0.1) is 0 Å². The van der Waals surface area contributed by atoms with E-state index in [4.69, 9.17) is 9.47 Å². The minimum absolute atomic E-state index is 0.0518. The average molecular weight is 244 g/mol. The van der Waals surface area contributed by atoms with Gasteiger partial charge in [-0.25, -0.2) is 0 Å². The summed E-state index contributed by atoms with van der Waals surface area (Å²) in [5.41, 5.74) is 0. The molecule has 1 aliphatic heterocycles. The van der Waals surface area contributed by atoms with Crippen LogP contribution in [0.4, 0.5) is 0 Å². The number of methoxy groups -OCH3 is 1. The van der Waals surface area contributed by atoms with E-state index in [1.165, 1.54) is 0 Å². The van der Waals surface area contributed by atoms with E-state index in [9.17, 15) is 4.79 Å². The summed E-state index contributed by atoms with van der Waals surface area (Å²) in [5, 5.41) is 6.28. The number of amides is 1. The summed E-state index contributed by atoms with van der Waals surface area (Å²) in [7, 11) is 1.66. The summed E-state index contributed by atoms with van der Waals surface area (Å²) < 4.78 is 10.3. The van der Waals surface area contributed by atoms with Gasteiger partial charge in [0.25, 0.3) is 0 Å². The number of carbonyl (C=O) groups excluding carboxylic acids is 1. The zero-order chi connectivity index (χ0) is 12.5. The third-order valence-electron chi connectivity index (χ3n) is 2.90. The Bertz CT molecular complexity index is 224. The van der Waals surface area contributed by atoms with Crippen molar-refractivity contribution in [2.75, 3.05) is 40.0 Å². The lowest BCUT2D eigenvalue weighted by Gasteiger charge is -2.18. The molecule has 1 rings (SSSR count). The first-order valence-electron chi connectivity index (χ1n) is 6.37. The Hall–Kier alpha value is -0.650. The largest absolute Gasteiger partial charge is 0.385 e. The van der Waals surface area contributed by atoms with Gasteiger partial charge in [0.05, 0.1) is 19.1 Å². The maximum atomic E-state index is 11.9. The first kappa shape index (κ1) is 14.4. The Morgan fingerprint density at radius 3 is 2.94 bits per heavy atom. The van der Waals surface area contributed by atoms with E-state index < -0.39 is 0 Å². The molecule has 1 heterocycles. The number of ether oxygens (including phenoxy) is 2. The molecule has 1 saturated heterocycles. The normalized spacial score (nSPS) is 23.9. The molecule has 100 valence electrons. The second-order valence-corrected chi connectivity index (χ2v) is 4.34. The first-order chi connectivity index (χ1) is 8.29. The minimum atomic E-state index is -0.0518. The average Bonchev–Trinajstić information content (AvgIpc) is 2.80. The standard InChI is InChI=1S/C12H24N2O3/c1-3-5-13-11-9-17-8-10(11)12(15)14-6-4-7-16-2/h10-11,13H,3-9H2,1-2H3,(H,14,15). The molecule has 0 spiro atoms. The lowest BCUT2D eigenvalue weighted by Crippen LogP contribution is -2.44. The summed E-state index contributed by atoms with van der Waals surface area (Å²) in [6.45, 7) is 5.56. The zero-order valence-corrected chi connectivity index (χ0v) is 10.8. The Balaban J connectivity index is 2.24. The van der Waals surface area contributed by atoms with Crippen molar-refractivity contribution >= 4 is 5.91 Å². The number of carbonyl (C=O) groups is 1. The molecule has 1 amide bonds. The molecular formula is C12H24N2O3. The van der Waals surface area contributed by atoms with Crippen molar-refractivity contribution in [3.05, 3.63) is 0 Å². The molecule has 0 radical (unpaired) electrons. The van der Waals surface area contributed by atoms with Crippen molar-refractivity contribution in [2.45, 2.75) is 25.8 Å². The Kier molecular flexibility index (Phi) is 7.16. The fourth-order valence-electron chi connectivity index (χ4n) is 1.90. The van der Waals surface area contributed by atoms with Crippen molar-refractivity contribution in [1.82, 2.24) is 10.6 Å². The summed E-state index contributed by atoms with van der Waals surface area (Å²) >= 11 is 0. The molecule has 0 aromatic heterocycles. The fourth-order valence-corrected chi connectivity index (χ4v) is 1.90. The molecule has 5 nitrogen and oxygen atoms in total. The van der Waals surface area contributed by atoms with Crippen molar-refractivity contribution in [2.24, 2.45) is 5.92 Å². The van der Waals surface area contributed by atoms with Crippen LogP contribution in [0.3, 0.4) is 0 Å². The van der Waals surface area contributed by atoms with Crippen LogP contribution < -0.4 is 10.6 Å². The lowest BCUT2D eigenvalue weighted by molar-refractivity contribution is -0.125. The first-order valence-corrected chi connectivity index (χ1v) is 6.37. The molecular weight excluding hydrogens is 220 g/mol. The van der Waals surface area contributed by atoms with Gasteiger partial charge in [-0.05, 0) is 19.4 Å². The molecule has 2 atom stereocenters. The molecule has 2 unspecified atom stereocenters. The maximum absolute atomic E-state index is 11.9. The third kappa shape index (κ3) is 5.02. The zero-order valence-electron chi connectivity index (χ0n) is 10.8. The fraction of sp³-hybridized carbons (Fsp3) is 0.917. The van der Waals surface area contributed by atoms with E-state index in [2.05, 4.69) is 17.6 Å². The van der Waals surface area contributed by atoms with Gasteiger partial charge in [-0.3, -0.25) is 4.79 Å². The minimum Gasteiger partial charge on any atom is -0.385 e. The summed E-state index contributed by atoms with van der Waals surface area (Å²) in [6, 6.07) is 0.164. The summed E-state index contributed by atoms with van der Waals surface area (Å²) in [6.07, 6.45) is 1.92. The smallest absolute Gasteiger partial charge is 0.227 e. The van der Waals surface area contributed by atoms with Crippen molar-refractivity contribution in [3.63, 3.8) is 0 Å². The molecule has 0 aliphatic carbocycles. The lowest BCUT2D eigenvalue weighted by atomic mass is 10.0. The van der Waals surface area contributed by atoms with Gasteiger partial charge in [0.2, 0.25) is 5.91 Å². The summed E-state index contributed by atoms with van der Waals surface area (Å²) in [5.74, 6) is 0.0382. The molecule has 1 aliphatic rings. The Morgan fingerprint density at radius 1 is 1.41 bits per heavy atom. The van der Waals surface area contributed by atoms with Gasteiger partial charge in [-0.1, -0.05) is 6.92 Å². The monoisotopic (exact) mass is 244 g/mol. The van der Waals surface area contributed by atoms with E-state index >= 15 is 0 Å². The van der Waals surface area contributed by atoms with Crippen LogP contribution in [-0.2, 0) is 14.3 Å². The number of hydrogen-bond donors (Lipinski definition) is 2. The Labute approximate surface area is 103 Å². The third-order valence-corrected chi connectivity index (χ3v) is 2.90. The van der Waals surface area contributed by atoms with Gasteiger partial charge in [0.1, 0.15) is 0 Å². The van der Waals surface area contributed by atoms with Crippen LogP contribution in [-0.4, -0.2) is 52.0 Å². The van der Waals surface area contributed by atoms with Gasteiger partial charge < -0.3 is 20.1 Å². The quantitative estimate of drug-likeness (QED) is 0.597. The highest BCUT2D eigenvalue weighted by Gasteiger charge is 2.33. The molecule has 5 heteroatoms. The highest BCUT2D eigenvalue weighted by molar-refractivity contribution is 5.79. The number of rotatable bonds is 8. The molecule has 1 fully saturated rings. The number of hydrogen-bond acceptors (Lipinski definition) is 4. The second-order valence-electron chi connectivity index (χ2n) is 4.34. The van der Waals surface area contributed by atoms with Crippen LogP contribution in [0.1, 0.15) is 19.8 Å². The van der Waals surface area contributed by atoms with Crippen LogP contribution in [0.25, 0.3) is 0 Å². The van der Waals surface area contributed by atoms with Crippen LogP contribution >= 0.6 is 0 Å². The van der Waals surface area contributed by atoms with Crippen LogP contribution in [0, 0.1) is 5.92 Å². The van der Waals surface area contributed by atoms with Gasteiger partial charge in [0.15, 0.2) is 0 Å². The van der Waals surface area contributed by atoms with Gasteiger partial charge >= 0.3 is 0 Å². The van der Waals surface area contributed by atoms with E-state index in [0.717, 1.165) is 19.4 Å². The van der Waals surface area contributed by atoms with Crippen LogP contribution in [0.5, 0.6) is 0 Å². The predicted molar refractivity (Wildman–Crippen MR) is 65.9 cm³/mol. The van der Waals surface area contributed by atoms with Gasteiger partial charge in [0, 0.05) is 26.3 Å². The van der Waals surface area contributed by atoms with Gasteiger partial charge in [-0.2, -0.15) is 0 Å². The number of nitrogens with one attached hydrogen (secondary N) is 2. The molecule has 0 aromatic rings. The molecule has 0 saturated carbocycles. The molecule has 0 bridgehead atoms. The predicted octanol–water partition coefficient (Wildman–Crippen LogP) is 0.154. The van der Waals surface area contributed by atoms with E-state index in [1.54, 1.807) is 7.11 Å². The highest BCUT2D eigenvalue weighted by Crippen LogP contribution is 2.13. The molecule has 2 N–H and O–H groups in total. The van der Waals surface area contributed by atoms with E-state index in [0.29, 0.717) is 26.4 Å². The van der Waals surface area contributed by atoms with E-state index in [-0.39, 0.29) is 17.9 Å². The molecule has 17 heavy (non-hydrogen) atoms. The second kappa shape index (κ2) is 8.44. The maximum Gasteiger partial charge on any atom is 0.227 e. The van der Waals surface area contributed by atoms with Crippen LogP contribution in [0.2, 0.25) is 0 Å².